The Morgan fingerprint density at radius 2 is 1.94 bits per heavy atom. The number of nitrogens with one attached hydrogen (secondary N) is 1. The van der Waals surface area contributed by atoms with Gasteiger partial charge in [-0.1, -0.05) is 6.07 Å². The van der Waals surface area contributed by atoms with Crippen LogP contribution in [-0.2, 0) is 0 Å². The summed E-state index contributed by atoms with van der Waals surface area (Å²) in [5.41, 5.74) is 8.38. The summed E-state index contributed by atoms with van der Waals surface area (Å²) in [4.78, 5) is 16.7. The van der Waals surface area contributed by atoms with Crippen LogP contribution in [0.25, 0.3) is 10.9 Å². The molecule has 3 N–H and O–H groups in total. The highest BCUT2D eigenvalue weighted by atomic mass is 19.1. The van der Waals surface area contributed by atoms with Crippen molar-refractivity contribution in [1.29, 1.82) is 0 Å². The van der Waals surface area contributed by atoms with E-state index in [0.29, 0.717) is 28.9 Å². The van der Waals surface area contributed by atoms with Crippen LogP contribution in [0.5, 0.6) is 5.75 Å². The molecule has 9 heteroatoms. The summed E-state index contributed by atoms with van der Waals surface area (Å²) in [7, 11) is 2.09. The Morgan fingerprint density at radius 3 is 2.62 bits per heavy atom. The number of amides is 1. The number of aryl methyl sites for hydroxylation is 1. The minimum atomic E-state index is -0.745. The minimum Gasteiger partial charge on any atom is -0.492 e. The van der Waals surface area contributed by atoms with Crippen molar-refractivity contribution in [3.8, 4) is 5.75 Å². The van der Waals surface area contributed by atoms with Gasteiger partial charge in [-0.3, -0.25) is 4.79 Å². The van der Waals surface area contributed by atoms with Crippen LogP contribution < -0.4 is 20.7 Å². The van der Waals surface area contributed by atoms with Crippen molar-refractivity contribution in [1.82, 2.24) is 15.1 Å². The lowest BCUT2D eigenvalue weighted by Gasteiger charge is -2.35. The van der Waals surface area contributed by atoms with Gasteiger partial charge in [-0.05, 0) is 44.7 Å². The third-order valence-corrected chi connectivity index (χ3v) is 5.60. The summed E-state index contributed by atoms with van der Waals surface area (Å²) in [5, 5.41) is 11.9. The van der Waals surface area contributed by atoms with E-state index in [-0.39, 0.29) is 11.4 Å². The maximum atomic E-state index is 14.5. The number of carbonyl (C=O) groups excluding carboxylic acids is 1. The first kappa shape index (κ1) is 21.8. The number of carbonyl (C=O) groups is 1. The molecule has 0 atom stereocenters. The number of benzene rings is 2. The van der Waals surface area contributed by atoms with Crippen molar-refractivity contribution < 1.29 is 13.9 Å². The highest BCUT2D eigenvalue weighted by Crippen LogP contribution is 2.38. The molecule has 168 valence electrons. The quantitative estimate of drug-likeness (QED) is 0.611. The van der Waals surface area contributed by atoms with E-state index in [4.69, 9.17) is 10.5 Å². The molecular formula is C23H27FN6O2. The molecule has 0 aliphatic carbocycles. The molecule has 0 radical (unpaired) electrons. The maximum Gasteiger partial charge on any atom is 0.271 e. The van der Waals surface area contributed by atoms with Gasteiger partial charge in [-0.15, -0.1) is 10.2 Å². The number of piperazine rings is 1. The lowest BCUT2D eigenvalue weighted by atomic mass is 10.1. The van der Waals surface area contributed by atoms with Crippen molar-refractivity contribution in [2.24, 2.45) is 5.73 Å². The Hall–Kier alpha value is -3.46. The fourth-order valence-electron chi connectivity index (χ4n) is 3.86. The lowest BCUT2D eigenvalue weighted by Crippen LogP contribution is -2.44. The Morgan fingerprint density at radius 1 is 1.19 bits per heavy atom. The van der Waals surface area contributed by atoms with Crippen LogP contribution in [0.2, 0.25) is 0 Å². The van der Waals surface area contributed by atoms with Crippen molar-refractivity contribution in [3.05, 3.63) is 47.4 Å². The van der Waals surface area contributed by atoms with Gasteiger partial charge >= 0.3 is 0 Å². The van der Waals surface area contributed by atoms with Crippen LogP contribution in [-0.4, -0.2) is 60.8 Å². The average molecular weight is 439 g/mol. The fourth-order valence-corrected chi connectivity index (χ4v) is 3.86. The van der Waals surface area contributed by atoms with E-state index >= 15 is 0 Å². The predicted octanol–water partition coefficient (Wildman–Crippen LogP) is 3.07. The lowest BCUT2D eigenvalue weighted by molar-refractivity contribution is 0.0995. The Bertz CT molecular complexity index is 1160. The van der Waals surface area contributed by atoms with Crippen LogP contribution in [0.3, 0.4) is 0 Å². The highest BCUT2D eigenvalue weighted by molar-refractivity contribution is 6.07. The first-order valence-electron chi connectivity index (χ1n) is 10.6. The number of nitrogens with two attached hydrogens (primary N) is 1. The van der Waals surface area contributed by atoms with Crippen molar-refractivity contribution in [2.45, 2.75) is 13.8 Å². The number of likely N-dealkylation sites (N-methyl/N-ethyl adjacent to an activating group) is 1. The van der Waals surface area contributed by atoms with Gasteiger partial charge in [0.1, 0.15) is 11.6 Å². The molecule has 1 saturated heterocycles. The Labute approximate surface area is 186 Å². The molecule has 8 nitrogen and oxygen atoms in total. The SMILES string of the molecule is CCOc1cc2nnc(C(N)=O)c(Nc3cc(C)ccc3F)c2cc1N1CCN(C)CC1. The second-order valence-corrected chi connectivity index (χ2v) is 7.96. The Kier molecular flexibility index (Phi) is 6.09. The van der Waals surface area contributed by atoms with Gasteiger partial charge in [0, 0.05) is 37.6 Å². The number of halogens is 1. The van der Waals surface area contributed by atoms with Gasteiger partial charge < -0.3 is 25.6 Å². The van der Waals surface area contributed by atoms with Crippen LogP contribution in [0.1, 0.15) is 23.0 Å². The summed E-state index contributed by atoms with van der Waals surface area (Å²) in [6, 6.07) is 8.45. The standard InChI is InChI=1S/C23H27FN6O2/c1-4-32-20-13-17-15(12-19(20)30-9-7-29(3)8-10-30)21(22(23(25)31)28-27-17)26-18-11-14(2)5-6-16(18)24/h5-6,11-13H,4,7-10H2,1-3H3,(H2,25,31)(H,26,27). The molecule has 0 saturated carbocycles. The van der Waals surface area contributed by atoms with E-state index in [1.54, 1.807) is 12.1 Å². The van der Waals surface area contributed by atoms with E-state index < -0.39 is 11.7 Å². The smallest absolute Gasteiger partial charge is 0.271 e. The largest absolute Gasteiger partial charge is 0.492 e. The number of nitrogens with zero attached hydrogens (tertiary/aromatic N) is 4. The number of fused-ring (bicyclic) bond motifs is 1. The normalized spacial score (nSPS) is 14.6. The number of hydrogen-bond donors (Lipinski definition) is 2. The van der Waals surface area contributed by atoms with Gasteiger partial charge in [0.05, 0.1) is 29.2 Å². The molecule has 1 aliphatic rings. The average Bonchev–Trinajstić information content (AvgIpc) is 2.76. The molecule has 0 unspecified atom stereocenters. The molecule has 2 heterocycles. The van der Waals surface area contributed by atoms with E-state index in [9.17, 15) is 9.18 Å². The van der Waals surface area contributed by atoms with Gasteiger partial charge in [-0.25, -0.2) is 4.39 Å². The van der Waals surface area contributed by atoms with Gasteiger partial charge in [0.15, 0.2) is 5.69 Å². The summed E-state index contributed by atoms with van der Waals surface area (Å²) in [6.07, 6.45) is 0. The zero-order valence-electron chi connectivity index (χ0n) is 18.5. The molecule has 1 amide bonds. The predicted molar refractivity (Wildman–Crippen MR) is 123 cm³/mol. The first-order chi connectivity index (χ1) is 15.4. The van der Waals surface area contributed by atoms with Gasteiger partial charge in [0.2, 0.25) is 0 Å². The maximum absolute atomic E-state index is 14.5. The molecular weight excluding hydrogens is 411 g/mol. The minimum absolute atomic E-state index is 0.0492. The molecule has 0 spiro atoms. The van der Waals surface area contributed by atoms with Crippen LogP contribution in [0.4, 0.5) is 21.5 Å². The third kappa shape index (κ3) is 4.29. The van der Waals surface area contributed by atoms with Gasteiger partial charge in [-0.2, -0.15) is 0 Å². The van der Waals surface area contributed by atoms with E-state index in [1.807, 2.05) is 26.0 Å². The van der Waals surface area contributed by atoms with Crippen molar-refractivity contribution in [3.63, 3.8) is 0 Å². The molecule has 32 heavy (non-hydrogen) atoms. The number of rotatable bonds is 6. The van der Waals surface area contributed by atoms with Gasteiger partial charge in [0.25, 0.3) is 5.91 Å². The molecule has 3 aromatic rings. The van der Waals surface area contributed by atoms with E-state index in [0.717, 1.165) is 37.4 Å². The van der Waals surface area contributed by atoms with E-state index in [1.165, 1.54) is 6.07 Å². The zero-order chi connectivity index (χ0) is 22.8. The number of ether oxygens (including phenoxy) is 1. The summed E-state index contributed by atoms with van der Waals surface area (Å²) in [6.45, 7) is 7.79. The highest BCUT2D eigenvalue weighted by Gasteiger charge is 2.23. The third-order valence-electron chi connectivity index (χ3n) is 5.60. The molecule has 1 fully saturated rings. The summed E-state index contributed by atoms with van der Waals surface area (Å²) < 4.78 is 20.4. The first-order valence-corrected chi connectivity index (χ1v) is 10.6. The van der Waals surface area contributed by atoms with Crippen molar-refractivity contribution in [2.75, 3.05) is 50.1 Å². The number of anilines is 3. The zero-order valence-corrected chi connectivity index (χ0v) is 18.5. The summed E-state index contributed by atoms with van der Waals surface area (Å²) >= 11 is 0. The number of hydrogen-bond acceptors (Lipinski definition) is 7. The van der Waals surface area contributed by atoms with Crippen LogP contribution in [0.15, 0.2) is 30.3 Å². The molecule has 0 bridgehead atoms. The topological polar surface area (TPSA) is 96.6 Å². The molecule has 2 aromatic carbocycles. The number of primary amides is 1. The fraction of sp³-hybridized carbons (Fsp3) is 0.348. The monoisotopic (exact) mass is 438 g/mol. The molecule has 1 aromatic heterocycles. The summed E-state index contributed by atoms with van der Waals surface area (Å²) in [5.74, 6) is -0.496. The second kappa shape index (κ2) is 8.96. The van der Waals surface area contributed by atoms with E-state index in [2.05, 4.69) is 32.4 Å². The Balaban J connectivity index is 1.90. The van der Waals surface area contributed by atoms with Crippen LogP contribution in [0, 0.1) is 12.7 Å². The molecule has 4 rings (SSSR count). The second-order valence-electron chi connectivity index (χ2n) is 7.96. The van der Waals surface area contributed by atoms with Crippen molar-refractivity contribution >= 4 is 33.9 Å². The van der Waals surface area contributed by atoms with Crippen LogP contribution >= 0.6 is 0 Å². The molecule has 1 aliphatic heterocycles. The number of aromatic nitrogens is 2.